The van der Waals surface area contributed by atoms with Crippen LogP contribution >= 0.6 is 0 Å². The minimum Gasteiger partial charge on any atom is -0.330 e. The predicted octanol–water partition coefficient (Wildman–Crippen LogP) is 0.629. The van der Waals surface area contributed by atoms with Gasteiger partial charge in [0.05, 0.1) is 0 Å². The van der Waals surface area contributed by atoms with E-state index in [0.29, 0.717) is 6.54 Å². The van der Waals surface area contributed by atoms with Gasteiger partial charge in [0, 0.05) is 6.04 Å². The van der Waals surface area contributed by atoms with Crippen molar-refractivity contribution < 1.29 is 0 Å². The largest absolute Gasteiger partial charge is 0.330 e. The van der Waals surface area contributed by atoms with Crippen LogP contribution in [0.5, 0.6) is 0 Å². The second-order valence-electron chi connectivity index (χ2n) is 2.50. The van der Waals surface area contributed by atoms with E-state index < -0.39 is 0 Å². The number of hydrogen-bond donors (Lipinski definition) is 2. The molecule has 0 aromatic carbocycles. The average Bonchev–Trinajstić information content (AvgIpc) is 1.63. The third-order valence-corrected chi connectivity index (χ3v) is 1.15. The zero-order valence-corrected chi connectivity index (χ0v) is 6.06. The quantitative estimate of drug-likeness (QED) is 0.545. The maximum absolute atomic E-state index is 5.64. The second kappa shape index (κ2) is 4.53. The monoisotopic (exact) mass is 128 g/mol. The van der Waals surface area contributed by atoms with Crippen LogP contribution in [0.25, 0.3) is 0 Å². The van der Waals surface area contributed by atoms with E-state index >= 15 is 0 Å². The Balaban J connectivity index is 3.26. The van der Waals surface area contributed by atoms with Gasteiger partial charge in [-0.3, -0.25) is 0 Å². The van der Waals surface area contributed by atoms with Crippen molar-refractivity contribution in [3.63, 3.8) is 0 Å². The molecule has 54 valence electrons. The molecular formula is C7H16N2. The van der Waals surface area contributed by atoms with Crippen LogP contribution in [-0.2, 0) is 0 Å². The van der Waals surface area contributed by atoms with Gasteiger partial charge in [-0.1, -0.05) is 5.57 Å². The molecule has 0 rings (SSSR count). The molecular weight excluding hydrogens is 112 g/mol. The first-order valence-corrected chi connectivity index (χ1v) is 3.27. The van der Waals surface area contributed by atoms with Gasteiger partial charge >= 0.3 is 0 Å². The Bertz CT molecular complexity index is 88.9. The minimum atomic E-state index is 0.215. The number of nitrogens with two attached hydrogens (primary N) is 2. The van der Waals surface area contributed by atoms with E-state index in [-0.39, 0.29) is 6.04 Å². The van der Waals surface area contributed by atoms with Gasteiger partial charge in [0.15, 0.2) is 0 Å². The van der Waals surface area contributed by atoms with Gasteiger partial charge < -0.3 is 11.5 Å². The molecule has 9 heavy (non-hydrogen) atoms. The zero-order valence-electron chi connectivity index (χ0n) is 6.06. The Kier molecular flexibility index (Phi) is 4.36. The molecule has 1 unspecified atom stereocenters. The Morgan fingerprint density at radius 3 is 2.56 bits per heavy atom. The fourth-order valence-corrected chi connectivity index (χ4v) is 0.764. The summed E-state index contributed by atoms with van der Waals surface area (Å²) in [5, 5.41) is 0. The minimum absolute atomic E-state index is 0.215. The molecule has 0 fully saturated rings. The van der Waals surface area contributed by atoms with Crippen molar-refractivity contribution >= 4 is 0 Å². The third-order valence-electron chi connectivity index (χ3n) is 1.15. The lowest BCUT2D eigenvalue weighted by Crippen LogP contribution is -2.23. The lowest BCUT2D eigenvalue weighted by atomic mass is 10.1. The van der Waals surface area contributed by atoms with Gasteiger partial charge in [-0.25, -0.2) is 0 Å². The highest BCUT2D eigenvalue weighted by Gasteiger charge is 1.98. The standard InChI is InChI=1S/C7H16N2/c1-6(2)5-7(9)3-4-8/h7H,1,3-5,8-9H2,2H3. The Hall–Kier alpha value is -0.340. The van der Waals surface area contributed by atoms with Crippen LogP contribution in [0.3, 0.4) is 0 Å². The number of hydrogen-bond acceptors (Lipinski definition) is 2. The molecule has 0 amide bonds. The fraction of sp³-hybridized carbons (Fsp3) is 0.714. The van der Waals surface area contributed by atoms with Gasteiger partial charge in [0.1, 0.15) is 0 Å². The van der Waals surface area contributed by atoms with Crippen molar-refractivity contribution in [2.24, 2.45) is 11.5 Å². The summed E-state index contributed by atoms with van der Waals surface area (Å²) in [6.45, 7) is 6.41. The van der Waals surface area contributed by atoms with Gasteiger partial charge in [0.2, 0.25) is 0 Å². The van der Waals surface area contributed by atoms with Crippen molar-refractivity contribution in [2.45, 2.75) is 25.8 Å². The molecule has 0 saturated heterocycles. The highest BCUT2D eigenvalue weighted by atomic mass is 14.6. The summed E-state index contributed by atoms with van der Waals surface area (Å²) in [4.78, 5) is 0. The average molecular weight is 128 g/mol. The molecule has 0 aliphatic heterocycles. The molecule has 4 N–H and O–H groups in total. The smallest absolute Gasteiger partial charge is 0.00878 e. The molecule has 0 spiro atoms. The van der Waals surface area contributed by atoms with E-state index in [1.165, 1.54) is 0 Å². The SMILES string of the molecule is C=C(C)CC(N)CCN. The van der Waals surface area contributed by atoms with E-state index in [1.807, 2.05) is 6.92 Å². The number of rotatable bonds is 4. The van der Waals surface area contributed by atoms with Gasteiger partial charge in [-0.15, -0.1) is 6.58 Å². The first kappa shape index (κ1) is 8.66. The van der Waals surface area contributed by atoms with Gasteiger partial charge in [0.25, 0.3) is 0 Å². The molecule has 0 bridgehead atoms. The molecule has 2 heteroatoms. The summed E-state index contributed by atoms with van der Waals surface area (Å²) in [6, 6.07) is 0.215. The topological polar surface area (TPSA) is 52.0 Å². The third kappa shape index (κ3) is 5.53. The highest BCUT2D eigenvalue weighted by Crippen LogP contribution is 2.01. The maximum Gasteiger partial charge on any atom is 0.00878 e. The first-order chi connectivity index (χ1) is 4.16. The van der Waals surface area contributed by atoms with E-state index in [1.54, 1.807) is 0 Å². The predicted molar refractivity (Wildman–Crippen MR) is 41.1 cm³/mol. The summed E-state index contributed by atoms with van der Waals surface area (Å²) in [7, 11) is 0. The van der Waals surface area contributed by atoms with Crippen molar-refractivity contribution in [2.75, 3.05) is 6.54 Å². The molecule has 1 atom stereocenters. The molecule has 0 aromatic heterocycles. The summed E-state index contributed by atoms with van der Waals surface area (Å²) in [5.74, 6) is 0. The summed E-state index contributed by atoms with van der Waals surface area (Å²) < 4.78 is 0. The first-order valence-electron chi connectivity index (χ1n) is 3.27. The Morgan fingerprint density at radius 2 is 2.22 bits per heavy atom. The molecule has 0 aromatic rings. The zero-order chi connectivity index (χ0) is 7.28. The lowest BCUT2D eigenvalue weighted by molar-refractivity contribution is 0.617. The van der Waals surface area contributed by atoms with E-state index in [0.717, 1.165) is 18.4 Å². The molecule has 0 aliphatic carbocycles. The van der Waals surface area contributed by atoms with Crippen LogP contribution in [0.2, 0.25) is 0 Å². The van der Waals surface area contributed by atoms with Crippen molar-refractivity contribution in [3.8, 4) is 0 Å². The van der Waals surface area contributed by atoms with Crippen LogP contribution in [0.15, 0.2) is 12.2 Å². The molecule has 0 saturated carbocycles. The Labute approximate surface area is 56.9 Å². The molecule has 0 heterocycles. The summed E-state index contributed by atoms with van der Waals surface area (Å²) in [6.07, 6.45) is 1.80. The fourth-order valence-electron chi connectivity index (χ4n) is 0.764. The van der Waals surface area contributed by atoms with Gasteiger partial charge in [-0.05, 0) is 26.3 Å². The van der Waals surface area contributed by atoms with Gasteiger partial charge in [-0.2, -0.15) is 0 Å². The molecule has 0 radical (unpaired) electrons. The maximum atomic E-state index is 5.64. The summed E-state index contributed by atoms with van der Waals surface area (Å²) in [5.41, 5.74) is 12.1. The Morgan fingerprint density at radius 1 is 1.67 bits per heavy atom. The van der Waals surface area contributed by atoms with Crippen LogP contribution in [-0.4, -0.2) is 12.6 Å². The van der Waals surface area contributed by atoms with E-state index in [9.17, 15) is 0 Å². The second-order valence-corrected chi connectivity index (χ2v) is 2.50. The van der Waals surface area contributed by atoms with Crippen molar-refractivity contribution in [1.29, 1.82) is 0 Å². The van der Waals surface area contributed by atoms with Crippen LogP contribution < -0.4 is 11.5 Å². The van der Waals surface area contributed by atoms with Crippen LogP contribution in [0.4, 0.5) is 0 Å². The highest BCUT2D eigenvalue weighted by molar-refractivity contribution is 4.91. The van der Waals surface area contributed by atoms with Crippen LogP contribution in [0.1, 0.15) is 19.8 Å². The van der Waals surface area contributed by atoms with E-state index in [4.69, 9.17) is 11.5 Å². The molecule has 2 nitrogen and oxygen atoms in total. The van der Waals surface area contributed by atoms with E-state index in [2.05, 4.69) is 6.58 Å². The van der Waals surface area contributed by atoms with Crippen molar-refractivity contribution in [1.82, 2.24) is 0 Å². The lowest BCUT2D eigenvalue weighted by Gasteiger charge is -2.08. The molecule has 0 aliphatic rings. The summed E-state index contributed by atoms with van der Waals surface area (Å²) >= 11 is 0. The van der Waals surface area contributed by atoms with Crippen molar-refractivity contribution in [3.05, 3.63) is 12.2 Å². The van der Waals surface area contributed by atoms with Crippen LogP contribution in [0, 0.1) is 0 Å². The normalized spacial score (nSPS) is 13.2.